The summed E-state index contributed by atoms with van der Waals surface area (Å²) in [4.78, 5) is 23.5. The zero-order chi connectivity index (χ0) is 12.5. The third-order valence-electron chi connectivity index (χ3n) is 4.40. The van der Waals surface area contributed by atoms with Crippen molar-refractivity contribution in [1.82, 2.24) is 5.32 Å². The molecule has 2 aliphatic rings. The van der Waals surface area contributed by atoms with E-state index in [1.807, 2.05) is 0 Å². The molecule has 0 bridgehead atoms. The fourth-order valence-corrected chi connectivity index (χ4v) is 2.85. The SMILES string of the molecule is NCC1(C(=O)NC2(C(=O)O)CCC2)CCCC1. The van der Waals surface area contributed by atoms with Crippen LogP contribution < -0.4 is 11.1 Å². The largest absolute Gasteiger partial charge is 0.480 e. The molecule has 0 aromatic carbocycles. The summed E-state index contributed by atoms with van der Waals surface area (Å²) in [5, 5.41) is 11.9. The Balaban J connectivity index is 2.07. The van der Waals surface area contributed by atoms with Gasteiger partial charge in [-0.25, -0.2) is 4.79 Å². The molecule has 2 rings (SSSR count). The predicted octanol–water partition coefficient (Wildman–Crippen LogP) is 0.629. The summed E-state index contributed by atoms with van der Waals surface area (Å²) in [6.45, 7) is 0.314. The summed E-state index contributed by atoms with van der Waals surface area (Å²) in [5.74, 6) is -1.07. The Morgan fingerprint density at radius 2 is 1.71 bits per heavy atom. The van der Waals surface area contributed by atoms with Gasteiger partial charge in [0.25, 0.3) is 0 Å². The van der Waals surface area contributed by atoms with Crippen molar-refractivity contribution in [3.63, 3.8) is 0 Å². The number of carbonyl (C=O) groups is 2. The minimum atomic E-state index is -1.01. The number of amides is 1. The standard InChI is InChI=1S/C12H20N2O3/c13-8-11(4-1-2-5-11)9(15)14-12(10(16)17)6-3-7-12/h1-8,13H2,(H,14,15)(H,16,17). The van der Waals surface area contributed by atoms with Crippen molar-refractivity contribution in [3.8, 4) is 0 Å². The van der Waals surface area contributed by atoms with Crippen LogP contribution in [0.5, 0.6) is 0 Å². The molecule has 0 aromatic heterocycles. The van der Waals surface area contributed by atoms with Crippen molar-refractivity contribution < 1.29 is 14.7 Å². The molecule has 0 saturated heterocycles. The van der Waals surface area contributed by atoms with Crippen molar-refractivity contribution in [2.24, 2.45) is 11.1 Å². The van der Waals surface area contributed by atoms with Crippen molar-refractivity contribution in [1.29, 1.82) is 0 Å². The molecular weight excluding hydrogens is 220 g/mol. The van der Waals surface area contributed by atoms with E-state index in [9.17, 15) is 14.7 Å². The van der Waals surface area contributed by atoms with Gasteiger partial charge in [-0.1, -0.05) is 12.8 Å². The fourth-order valence-electron chi connectivity index (χ4n) is 2.85. The Morgan fingerprint density at radius 1 is 1.12 bits per heavy atom. The summed E-state index contributed by atoms with van der Waals surface area (Å²) in [7, 11) is 0. The second kappa shape index (κ2) is 4.29. The zero-order valence-electron chi connectivity index (χ0n) is 10.00. The van der Waals surface area contributed by atoms with Crippen molar-refractivity contribution in [2.45, 2.75) is 50.5 Å². The Kier molecular flexibility index (Phi) is 3.12. The minimum absolute atomic E-state index is 0.153. The van der Waals surface area contributed by atoms with Crippen LogP contribution in [-0.4, -0.2) is 29.1 Å². The van der Waals surface area contributed by atoms with Gasteiger partial charge < -0.3 is 16.2 Å². The molecule has 0 spiro atoms. The van der Waals surface area contributed by atoms with Gasteiger partial charge in [0.1, 0.15) is 5.54 Å². The van der Waals surface area contributed by atoms with E-state index >= 15 is 0 Å². The van der Waals surface area contributed by atoms with E-state index in [0.29, 0.717) is 19.4 Å². The first-order valence-electron chi connectivity index (χ1n) is 6.31. The minimum Gasteiger partial charge on any atom is -0.480 e. The van der Waals surface area contributed by atoms with Gasteiger partial charge in [0.05, 0.1) is 5.41 Å². The lowest BCUT2D eigenvalue weighted by atomic mass is 9.75. The molecule has 17 heavy (non-hydrogen) atoms. The molecule has 0 unspecified atom stereocenters. The number of nitrogens with two attached hydrogens (primary N) is 1. The van der Waals surface area contributed by atoms with Crippen LogP contribution in [0.2, 0.25) is 0 Å². The summed E-state index contributed by atoms with van der Waals surface area (Å²) >= 11 is 0. The number of hydrogen-bond acceptors (Lipinski definition) is 3. The molecule has 1 amide bonds. The first kappa shape index (κ1) is 12.4. The number of aliphatic carboxylic acids is 1. The lowest BCUT2D eigenvalue weighted by Crippen LogP contribution is -2.62. The van der Waals surface area contributed by atoms with Gasteiger partial charge in [-0.15, -0.1) is 0 Å². The van der Waals surface area contributed by atoms with Gasteiger partial charge in [0.15, 0.2) is 0 Å². The predicted molar refractivity (Wildman–Crippen MR) is 62.3 cm³/mol. The summed E-state index contributed by atoms with van der Waals surface area (Å²) in [6.07, 6.45) is 5.51. The molecule has 0 aliphatic heterocycles. The van der Waals surface area contributed by atoms with Crippen LogP contribution in [0.15, 0.2) is 0 Å². The number of carbonyl (C=O) groups excluding carboxylic acids is 1. The summed E-state index contributed by atoms with van der Waals surface area (Å²) in [5.41, 5.74) is 4.19. The highest BCUT2D eigenvalue weighted by atomic mass is 16.4. The highest BCUT2D eigenvalue weighted by molar-refractivity contribution is 5.91. The maximum Gasteiger partial charge on any atom is 0.329 e. The lowest BCUT2D eigenvalue weighted by molar-refractivity contribution is -0.153. The van der Waals surface area contributed by atoms with E-state index in [2.05, 4.69) is 5.32 Å². The van der Waals surface area contributed by atoms with E-state index in [-0.39, 0.29) is 5.91 Å². The van der Waals surface area contributed by atoms with Crippen molar-refractivity contribution in [3.05, 3.63) is 0 Å². The van der Waals surface area contributed by atoms with Crippen LogP contribution in [0.25, 0.3) is 0 Å². The van der Waals surface area contributed by atoms with Crippen LogP contribution in [0.3, 0.4) is 0 Å². The van der Waals surface area contributed by atoms with Gasteiger partial charge in [-0.05, 0) is 32.1 Å². The third kappa shape index (κ3) is 1.92. The quantitative estimate of drug-likeness (QED) is 0.672. The normalized spacial score (nSPS) is 25.0. The Bertz CT molecular complexity index is 331. The molecule has 2 fully saturated rings. The Morgan fingerprint density at radius 3 is 2.06 bits per heavy atom. The second-order valence-electron chi connectivity index (χ2n) is 5.39. The summed E-state index contributed by atoms with van der Waals surface area (Å²) in [6, 6.07) is 0. The molecule has 5 nitrogen and oxygen atoms in total. The number of rotatable bonds is 4. The second-order valence-corrected chi connectivity index (χ2v) is 5.39. The van der Waals surface area contributed by atoms with E-state index in [1.165, 1.54) is 0 Å². The van der Waals surface area contributed by atoms with Crippen LogP contribution in [0, 0.1) is 5.41 Å². The highest BCUT2D eigenvalue weighted by Crippen LogP contribution is 2.39. The molecule has 0 radical (unpaired) electrons. The van der Waals surface area contributed by atoms with Gasteiger partial charge in [-0.2, -0.15) is 0 Å². The molecule has 0 aromatic rings. The molecular formula is C12H20N2O3. The molecule has 4 N–H and O–H groups in total. The monoisotopic (exact) mass is 240 g/mol. The Hall–Kier alpha value is -1.10. The number of nitrogens with one attached hydrogen (secondary N) is 1. The van der Waals surface area contributed by atoms with Crippen LogP contribution in [-0.2, 0) is 9.59 Å². The lowest BCUT2D eigenvalue weighted by Gasteiger charge is -2.41. The van der Waals surface area contributed by atoms with Gasteiger partial charge in [0, 0.05) is 6.54 Å². The molecule has 2 saturated carbocycles. The van der Waals surface area contributed by atoms with E-state index in [4.69, 9.17) is 5.73 Å². The van der Waals surface area contributed by atoms with Crippen LogP contribution in [0.4, 0.5) is 0 Å². The number of hydrogen-bond donors (Lipinski definition) is 3. The van der Waals surface area contributed by atoms with Gasteiger partial charge in [-0.3, -0.25) is 4.79 Å². The number of carboxylic acid groups (broad SMARTS) is 1. The highest BCUT2D eigenvalue weighted by Gasteiger charge is 2.49. The fraction of sp³-hybridized carbons (Fsp3) is 0.833. The molecule has 0 heterocycles. The van der Waals surface area contributed by atoms with E-state index in [1.54, 1.807) is 0 Å². The first-order valence-corrected chi connectivity index (χ1v) is 6.31. The van der Waals surface area contributed by atoms with Gasteiger partial charge >= 0.3 is 5.97 Å². The first-order chi connectivity index (χ1) is 8.05. The molecule has 0 atom stereocenters. The average Bonchev–Trinajstić information content (AvgIpc) is 2.72. The van der Waals surface area contributed by atoms with Gasteiger partial charge in [0.2, 0.25) is 5.91 Å². The molecule has 96 valence electrons. The zero-order valence-corrected chi connectivity index (χ0v) is 10.00. The van der Waals surface area contributed by atoms with E-state index < -0.39 is 16.9 Å². The maximum absolute atomic E-state index is 12.3. The van der Waals surface area contributed by atoms with Crippen molar-refractivity contribution >= 4 is 11.9 Å². The molecule has 2 aliphatic carbocycles. The number of carboxylic acids is 1. The third-order valence-corrected chi connectivity index (χ3v) is 4.40. The molecule has 5 heteroatoms. The van der Waals surface area contributed by atoms with Crippen LogP contribution in [0.1, 0.15) is 44.9 Å². The van der Waals surface area contributed by atoms with Crippen molar-refractivity contribution in [2.75, 3.05) is 6.54 Å². The summed E-state index contributed by atoms with van der Waals surface area (Å²) < 4.78 is 0. The smallest absolute Gasteiger partial charge is 0.329 e. The van der Waals surface area contributed by atoms with E-state index in [0.717, 1.165) is 32.1 Å². The average molecular weight is 240 g/mol. The van der Waals surface area contributed by atoms with Crippen LogP contribution >= 0.6 is 0 Å². The maximum atomic E-state index is 12.3. The topological polar surface area (TPSA) is 92.4 Å². The Labute approximate surface area is 101 Å².